The molecule has 0 aromatic heterocycles. The summed E-state index contributed by atoms with van der Waals surface area (Å²) >= 11 is 0. The van der Waals surface area contributed by atoms with Crippen LogP contribution in [0.2, 0.25) is 0 Å². The molecule has 9 nitrogen and oxygen atoms in total. The Morgan fingerprint density at radius 2 is 1.18 bits per heavy atom. The minimum atomic E-state index is -4.32. The highest BCUT2D eigenvalue weighted by Crippen LogP contribution is 2.43. The first kappa shape index (κ1) is 37.0. The largest absolute Gasteiger partial charge is 0.472 e. The summed E-state index contributed by atoms with van der Waals surface area (Å²) < 4.78 is 32.7. The number of phosphoric ester groups is 1. The van der Waals surface area contributed by atoms with Gasteiger partial charge in [0.15, 0.2) is 6.10 Å². The molecule has 10 heteroatoms. The fourth-order valence-electron chi connectivity index (χ4n) is 3.90. The van der Waals surface area contributed by atoms with Crippen molar-refractivity contribution in [2.24, 2.45) is 0 Å². The summed E-state index contributed by atoms with van der Waals surface area (Å²) in [5, 5.41) is 2.80. The number of carbonyl (C=O) groups excluding carboxylic acids is 2. The molecule has 0 radical (unpaired) electrons. The van der Waals surface area contributed by atoms with Crippen LogP contribution in [0.3, 0.4) is 0 Å². The molecular weight excluding hydrogens is 509 g/mol. The predicted molar refractivity (Wildman–Crippen MR) is 151 cm³/mol. The number of hydrogen-bond acceptors (Lipinski definition) is 8. The van der Waals surface area contributed by atoms with Crippen molar-refractivity contribution in [3.8, 4) is 0 Å². The zero-order valence-electron chi connectivity index (χ0n) is 24.4. The van der Waals surface area contributed by atoms with Gasteiger partial charge in [0, 0.05) is 19.4 Å². The molecule has 0 rings (SSSR count). The normalized spacial score (nSPS) is 13.7. The van der Waals surface area contributed by atoms with E-state index >= 15 is 0 Å². The fourth-order valence-corrected chi connectivity index (χ4v) is 4.65. The number of unbranched alkanes of at least 4 members (excludes halogenated alkanes) is 14. The Kier molecular flexibility index (Phi) is 25.6. The van der Waals surface area contributed by atoms with Gasteiger partial charge in [0.25, 0.3) is 0 Å². The quantitative estimate of drug-likeness (QED) is 0.0595. The van der Waals surface area contributed by atoms with Gasteiger partial charge in [-0.2, -0.15) is 0 Å². The molecule has 0 aromatic carbocycles. The highest BCUT2D eigenvalue weighted by atomic mass is 31.2. The molecule has 0 bridgehead atoms. The van der Waals surface area contributed by atoms with Crippen molar-refractivity contribution >= 4 is 19.8 Å². The number of phosphoric acid groups is 1. The van der Waals surface area contributed by atoms with E-state index < -0.39 is 26.5 Å². The molecule has 0 aliphatic heterocycles. The maximum absolute atomic E-state index is 12.4. The van der Waals surface area contributed by atoms with E-state index in [4.69, 9.17) is 18.5 Å². The first-order valence-electron chi connectivity index (χ1n) is 15.0. The number of ether oxygens (including phenoxy) is 2. The van der Waals surface area contributed by atoms with Crippen LogP contribution in [0.15, 0.2) is 0 Å². The second-order valence-electron chi connectivity index (χ2n) is 9.95. The van der Waals surface area contributed by atoms with Crippen molar-refractivity contribution in [2.45, 2.75) is 136 Å². The highest BCUT2D eigenvalue weighted by molar-refractivity contribution is 7.47. The third-order valence-corrected chi connectivity index (χ3v) is 7.21. The van der Waals surface area contributed by atoms with E-state index in [1.807, 2.05) is 0 Å². The molecule has 0 amide bonds. The molecule has 226 valence electrons. The second-order valence-corrected chi connectivity index (χ2v) is 11.4. The van der Waals surface area contributed by atoms with Gasteiger partial charge in [-0.15, -0.1) is 0 Å². The van der Waals surface area contributed by atoms with E-state index in [0.29, 0.717) is 19.4 Å². The molecule has 38 heavy (non-hydrogen) atoms. The van der Waals surface area contributed by atoms with Gasteiger partial charge in [0.1, 0.15) is 6.61 Å². The molecule has 1 unspecified atom stereocenters. The van der Waals surface area contributed by atoms with Crippen molar-refractivity contribution in [2.75, 3.05) is 33.4 Å². The van der Waals surface area contributed by atoms with Gasteiger partial charge in [-0.25, -0.2) is 4.57 Å². The van der Waals surface area contributed by atoms with Crippen molar-refractivity contribution in [1.82, 2.24) is 5.32 Å². The lowest BCUT2D eigenvalue weighted by Crippen LogP contribution is -2.29. The summed E-state index contributed by atoms with van der Waals surface area (Å²) in [6.07, 6.45) is 17.4. The van der Waals surface area contributed by atoms with Gasteiger partial charge < -0.3 is 19.7 Å². The van der Waals surface area contributed by atoms with E-state index in [1.165, 1.54) is 64.2 Å². The van der Waals surface area contributed by atoms with E-state index in [1.54, 1.807) is 7.05 Å². The lowest BCUT2D eigenvalue weighted by molar-refractivity contribution is -0.161. The van der Waals surface area contributed by atoms with Gasteiger partial charge in [-0.3, -0.25) is 18.6 Å². The zero-order chi connectivity index (χ0) is 28.3. The minimum Gasteiger partial charge on any atom is -0.462 e. The molecule has 0 fully saturated rings. The van der Waals surface area contributed by atoms with E-state index in [0.717, 1.165) is 32.1 Å². The molecule has 0 saturated heterocycles. The van der Waals surface area contributed by atoms with Crippen molar-refractivity contribution in [3.05, 3.63) is 0 Å². The van der Waals surface area contributed by atoms with Gasteiger partial charge >= 0.3 is 19.8 Å². The molecule has 0 aliphatic rings. The van der Waals surface area contributed by atoms with Gasteiger partial charge in [0.05, 0.1) is 13.2 Å². The van der Waals surface area contributed by atoms with Crippen LogP contribution in [0.1, 0.15) is 129 Å². The lowest BCUT2D eigenvalue weighted by atomic mass is 10.1. The van der Waals surface area contributed by atoms with Crippen molar-refractivity contribution < 1.29 is 37.6 Å². The van der Waals surface area contributed by atoms with Crippen LogP contribution in [-0.2, 0) is 32.7 Å². The number of likely N-dealkylation sites (N-methyl/N-ethyl adjacent to an activating group) is 1. The Balaban J connectivity index is 4.42. The average molecular weight is 566 g/mol. The molecule has 0 aromatic rings. The summed E-state index contributed by atoms with van der Waals surface area (Å²) in [6, 6.07) is 0. The van der Waals surface area contributed by atoms with Crippen LogP contribution in [0.4, 0.5) is 0 Å². The maximum atomic E-state index is 12.4. The minimum absolute atomic E-state index is 0.0131. The Bertz CT molecular complexity index is 620. The number of nitrogens with one attached hydrogen (secondary N) is 1. The Morgan fingerprint density at radius 1 is 0.711 bits per heavy atom. The first-order chi connectivity index (χ1) is 18.3. The predicted octanol–water partition coefficient (Wildman–Crippen LogP) is 6.86. The summed E-state index contributed by atoms with van der Waals surface area (Å²) in [7, 11) is -2.63. The number of hydrogen-bond donors (Lipinski definition) is 2. The maximum Gasteiger partial charge on any atom is 0.472 e. The van der Waals surface area contributed by atoms with Crippen molar-refractivity contribution in [1.29, 1.82) is 0 Å². The summed E-state index contributed by atoms with van der Waals surface area (Å²) in [6.45, 7) is 4.12. The summed E-state index contributed by atoms with van der Waals surface area (Å²) in [5.74, 6) is -0.815. The lowest BCUT2D eigenvalue weighted by Gasteiger charge is -2.20. The average Bonchev–Trinajstić information content (AvgIpc) is 2.89. The third kappa shape index (κ3) is 25.3. The molecule has 0 aliphatic carbocycles. The Morgan fingerprint density at radius 3 is 1.68 bits per heavy atom. The molecular formula is C28H56NO8P. The molecule has 0 heterocycles. The summed E-state index contributed by atoms with van der Waals surface area (Å²) in [4.78, 5) is 34.4. The smallest absolute Gasteiger partial charge is 0.462 e. The van der Waals surface area contributed by atoms with Crippen LogP contribution in [0, 0.1) is 0 Å². The molecule has 0 spiro atoms. The van der Waals surface area contributed by atoms with Crippen LogP contribution < -0.4 is 5.32 Å². The number of rotatable bonds is 28. The molecule has 2 N–H and O–H groups in total. The Labute approximate surface area is 231 Å². The molecule has 2 atom stereocenters. The van der Waals surface area contributed by atoms with E-state index in [9.17, 15) is 19.0 Å². The second kappa shape index (κ2) is 26.2. The number of esters is 2. The summed E-state index contributed by atoms with van der Waals surface area (Å²) in [5.41, 5.74) is 0. The fraction of sp³-hybridized carbons (Fsp3) is 0.929. The first-order valence-corrected chi connectivity index (χ1v) is 16.5. The Hall–Kier alpha value is -0.990. The van der Waals surface area contributed by atoms with Crippen LogP contribution in [0.5, 0.6) is 0 Å². The van der Waals surface area contributed by atoms with E-state index in [2.05, 4.69) is 19.2 Å². The van der Waals surface area contributed by atoms with Gasteiger partial charge in [0.2, 0.25) is 0 Å². The van der Waals surface area contributed by atoms with Crippen LogP contribution in [0.25, 0.3) is 0 Å². The van der Waals surface area contributed by atoms with Crippen molar-refractivity contribution in [3.63, 3.8) is 0 Å². The van der Waals surface area contributed by atoms with Gasteiger partial charge in [-0.1, -0.05) is 104 Å². The highest BCUT2D eigenvalue weighted by Gasteiger charge is 2.26. The van der Waals surface area contributed by atoms with E-state index in [-0.39, 0.29) is 25.6 Å². The monoisotopic (exact) mass is 565 g/mol. The number of carbonyl (C=O) groups is 2. The van der Waals surface area contributed by atoms with Gasteiger partial charge in [-0.05, 0) is 19.9 Å². The zero-order valence-corrected chi connectivity index (χ0v) is 25.3. The standard InChI is InChI=1S/C28H56NO8P/c1-4-6-8-10-12-14-16-18-20-27(30)34-24-26(25-36-38(32,33)35-23-22-29-3)37-28(31)21-19-17-15-13-11-9-7-5-2/h26,29H,4-25H2,1-3H3,(H,32,33)/t26-/m1/s1. The van der Waals surface area contributed by atoms with Crippen LogP contribution in [-0.4, -0.2) is 56.3 Å². The topological polar surface area (TPSA) is 120 Å². The molecule has 0 saturated carbocycles. The van der Waals surface area contributed by atoms with Crippen LogP contribution >= 0.6 is 7.82 Å². The third-order valence-electron chi connectivity index (χ3n) is 6.23. The SMILES string of the molecule is CCCCCCCCCCC(=O)OC[C@H](COP(=O)(O)OCCNC)OC(=O)CCCCCCCCCC.